The summed E-state index contributed by atoms with van der Waals surface area (Å²) >= 11 is 0. The minimum Gasteiger partial charge on any atom is -0.423 e. The van der Waals surface area contributed by atoms with Crippen LogP contribution in [-0.4, -0.2) is 17.1 Å². The third-order valence-corrected chi connectivity index (χ3v) is 1.60. The van der Waals surface area contributed by atoms with Crippen LogP contribution >= 0.6 is 0 Å². The maximum absolute atomic E-state index is 9.13. The zero-order chi connectivity index (χ0) is 6.97. The van der Waals surface area contributed by atoms with Crippen LogP contribution in [0.2, 0.25) is 0 Å². The van der Waals surface area contributed by atoms with Crippen molar-refractivity contribution < 1.29 is 9.68 Å². The fraction of sp³-hybridized carbons (Fsp3) is 0.167. The molecule has 1 aliphatic heterocycles. The summed E-state index contributed by atoms with van der Waals surface area (Å²) in [5, 5.41) is 9.13. The molecule has 1 aliphatic rings. The molecule has 0 spiro atoms. The normalized spacial score (nSPS) is 15.5. The Balaban J connectivity index is 2.51. The van der Waals surface area contributed by atoms with Gasteiger partial charge >= 0.3 is 7.12 Å². The van der Waals surface area contributed by atoms with Gasteiger partial charge in [-0.2, -0.15) is 0 Å². The van der Waals surface area contributed by atoms with Gasteiger partial charge in [0.25, 0.3) is 0 Å². The standard InChI is InChI=1S/C6H6BNO2/c9-7-6-1-2-8-3-5(6)4-10-7/h1-3,9H,4H2. The Hall–Kier alpha value is -0.865. The number of pyridine rings is 1. The Labute approximate surface area is 58.8 Å². The number of nitrogens with zero attached hydrogens (tertiary/aromatic N) is 1. The van der Waals surface area contributed by atoms with E-state index in [0.717, 1.165) is 11.0 Å². The van der Waals surface area contributed by atoms with Crippen LogP contribution in [0.15, 0.2) is 18.5 Å². The molecule has 0 bridgehead atoms. The van der Waals surface area contributed by atoms with Crippen LogP contribution < -0.4 is 5.46 Å². The largest absolute Gasteiger partial charge is 0.491 e. The average molecular weight is 135 g/mol. The Kier molecular flexibility index (Phi) is 1.22. The molecule has 0 saturated heterocycles. The molecule has 50 valence electrons. The minimum absolute atomic E-state index is 0.477. The van der Waals surface area contributed by atoms with Crippen molar-refractivity contribution in [3.63, 3.8) is 0 Å². The van der Waals surface area contributed by atoms with Gasteiger partial charge in [-0.05, 0) is 17.1 Å². The molecule has 2 heterocycles. The lowest BCUT2D eigenvalue weighted by Crippen LogP contribution is -2.27. The van der Waals surface area contributed by atoms with Crippen molar-refractivity contribution in [2.45, 2.75) is 6.61 Å². The third-order valence-electron chi connectivity index (χ3n) is 1.60. The summed E-state index contributed by atoms with van der Waals surface area (Å²) in [6.07, 6.45) is 3.36. The van der Waals surface area contributed by atoms with Crippen LogP contribution in [0, 0.1) is 0 Å². The summed E-state index contributed by atoms with van der Waals surface area (Å²) in [6, 6.07) is 1.77. The van der Waals surface area contributed by atoms with Crippen LogP contribution in [-0.2, 0) is 11.3 Å². The number of hydrogen-bond acceptors (Lipinski definition) is 3. The van der Waals surface area contributed by atoms with Gasteiger partial charge in [0.05, 0.1) is 6.61 Å². The van der Waals surface area contributed by atoms with E-state index in [-0.39, 0.29) is 0 Å². The lowest BCUT2D eigenvalue weighted by atomic mass is 9.80. The summed E-state index contributed by atoms with van der Waals surface area (Å²) in [6.45, 7) is 0.477. The Morgan fingerprint density at radius 2 is 2.60 bits per heavy atom. The van der Waals surface area contributed by atoms with Gasteiger partial charge in [0.2, 0.25) is 0 Å². The topological polar surface area (TPSA) is 42.4 Å². The van der Waals surface area contributed by atoms with Crippen LogP contribution in [0.25, 0.3) is 0 Å². The summed E-state index contributed by atoms with van der Waals surface area (Å²) in [7, 11) is -0.738. The molecule has 4 heteroatoms. The molecule has 2 rings (SSSR count). The van der Waals surface area contributed by atoms with E-state index in [1.54, 1.807) is 18.5 Å². The molecule has 0 saturated carbocycles. The molecule has 0 unspecified atom stereocenters. The van der Waals surface area contributed by atoms with Gasteiger partial charge in [0, 0.05) is 12.4 Å². The second-order valence-electron chi connectivity index (χ2n) is 2.24. The Morgan fingerprint density at radius 1 is 1.70 bits per heavy atom. The van der Waals surface area contributed by atoms with Crippen LogP contribution in [0.4, 0.5) is 0 Å². The zero-order valence-corrected chi connectivity index (χ0v) is 5.32. The van der Waals surface area contributed by atoms with E-state index in [1.165, 1.54) is 0 Å². The van der Waals surface area contributed by atoms with Gasteiger partial charge in [-0.3, -0.25) is 4.98 Å². The zero-order valence-electron chi connectivity index (χ0n) is 5.32. The van der Waals surface area contributed by atoms with Gasteiger partial charge in [0.1, 0.15) is 0 Å². The molecule has 0 amide bonds. The number of aromatic nitrogens is 1. The van der Waals surface area contributed by atoms with Gasteiger partial charge in [-0.15, -0.1) is 0 Å². The molecular formula is C6H6BNO2. The van der Waals surface area contributed by atoms with Crippen molar-refractivity contribution in [3.8, 4) is 0 Å². The number of fused-ring (bicyclic) bond motifs is 1. The van der Waals surface area contributed by atoms with Gasteiger partial charge in [0.15, 0.2) is 0 Å². The van der Waals surface area contributed by atoms with Gasteiger partial charge < -0.3 is 9.68 Å². The molecule has 1 aromatic heterocycles. The van der Waals surface area contributed by atoms with E-state index in [4.69, 9.17) is 9.68 Å². The summed E-state index contributed by atoms with van der Waals surface area (Å²) in [5.41, 5.74) is 1.82. The Morgan fingerprint density at radius 3 is 3.40 bits per heavy atom. The highest BCUT2D eigenvalue weighted by Gasteiger charge is 2.26. The SMILES string of the molecule is OB1OCc2cnccc21. The second-order valence-corrected chi connectivity index (χ2v) is 2.24. The highest BCUT2D eigenvalue weighted by molar-refractivity contribution is 6.61. The second kappa shape index (κ2) is 2.07. The quantitative estimate of drug-likeness (QED) is 0.478. The maximum Gasteiger partial charge on any atom is 0.491 e. The molecule has 0 atom stereocenters. The molecule has 1 aromatic rings. The van der Waals surface area contributed by atoms with E-state index >= 15 is 0 Å². The number of rotatable bonds is 0. The lowest BCUT2D eigenvalue weighted by molar-refractivity contribution is 0.275. The smallest absolute Gasteiger partial charge is 0.423 e. The first-order chi connectivity index (χ1) is 4.88. The fourth-order valence-corrected chi connectivity index (χ4v) is 1.06. The van der Waals surface area contributed by atoms with E-state index in [9.17, 15) is 0 Å². The lowest BCUT2D eigenvalue weighted by Gasteiger charge is -1.93. The molecule has 0 radical (unpaired) electrons. The van der Waals surface area contributed by atoms with E-state index < -0.39 is 7.12 Å². The molecule has 10 heavy (non-hydrogen) atoms. The first-order valence-electron chi connectivity index (χ1n) is 3.10. The van der Waals surface area contributed by atoms with Crippen molar-refractivity contribution in [2.24, 2.45) is 0 Å². The summed E-state index contributed by atoms with van der Waals surface area (Å²) in [5.74, 6) is 0. The number of hydrogen-bond donors (Lipinski definition) is 1. The van der Waals surface area contributed by atoms with Gasteiger partial charge in [-0.1, -0.05) is 0 Å². The third kappa shape index (κ3) is 0.733. The highest BCUT2D eigenvalue weighted by Crippen LogP contribution is 2.05. The summed E-state index contributed by atoms with van der Waals surface area (Å²) < 4.78 is 4.94. The highest BCUT2D eigenvalue weighted by atomic mass is 16.5. The minimum atomic E-state index is -0.738. The van der Waals surface area contributed by atoms with Crippen LogP contribution in [0.5, 0.6) is 0 Å². The predicted molar refractivity (Wildman–Crippen MR) is 36.6 cm³/mol. The van der Waals surface area contributed by atoms with Crippen molar-refractivity contribution in [2.75, 3.05) is 0 Å². The first kappa shape index (κ1) is 5.89. The van der Waals surface area contributed by atoms with E-state index in [0.29, 0.717) is 6.61 Å². The van der Waals surface area contributed by atoms with Gasteiger partial charge in [-0.25, -0.2) is 0 Å². The van der Waals surface area contributed by atoms with Crippen molar-refractivity contribution >= 4 is 12.6 Å². The maximum atomic E-state index is 9.13. The molecule has 0 aromatic carbocycles. The van der Waals surface area contributed by atoms with Crippen molar-refractivity contribution in [3.05, 3.63) is 24.0 Å². The monoisotopic (exact) mass is 135 g/mol. The molecule has 0 aliphatic carbocycles. The molecule has 1 N–H and O–H groups in total. The Bertz CT molecular complexity index is 253. The van der Waals surface area contributed by atoms with E-state index in [1.807, 2.05) is 0 Å². The first-order valence-corrected chi connectivity index (χ1v) is 3.10. The molecular weight excluding hydrogens is 129 g/mol. The van der Waals surface area contributed by atoms with Crippen molar-refractivity contribution in [1.82, 2.24) is 4.98 Å². The predicted octanol–water partition coefficient (Wildman–Crippen LogP) is -0.701. The van der Waals surface area contributed by atoms with E-state index in [2.05, 4.69) is 4.98 Å². The average Bonchev–Trinajstić information content (AvgIpc) is 2.34. The summed E-state index contributed by atoms with van der Waals surface area (Å²) in [4.78, 5) is 3.90. The molecule has 3 nitrogen and oxygen atoms in total. The van der Waals surface area contributed by atoms with Crippen LogP contribution in [0.3, 0.4) is 0 Å². The van der Waals surface area contributed by atoms with Crippen molar-refractivity contribution in [1.29, 1.82) is 0 Å². The molecule has 0 fully saturated rings. The van der Waals surface area contributed by atoms with Crippen LogP contribution in [0.1, 0.15) is 5.56 Å². The fourth-order valence-electron chi connectivity index (χ4n) is 1.06.